The summed E-state index contributed by atoms with van der Waals surface area (Å²) in [6.45, 7) is 10.7. The Kier molecular flexibility index (Phi) is 7.84. The Balaban J connectivity index is 2.55. The molecule has 0 heterocycles. The smallest absolute Gasteiger partial charge is 0.123 e. The monoisotopic (exact) mass is 325 g/mol. The molecule has 0 atom stereocenters. The number of allylic oxidation sites excluding steroid dienone is 1. The number of rotatable bonds is 9. The number of hydrogen-bond acceptors (Lipinski definition) is 2. The van der Waals surface area contributed by atoms with Crippen LogP contribution >= 0.6 is 15.9 Å². The number of unbranched alkanes of at least 4 members (excludes halogenated alkanes) is 1. The summed E-state index contributed by atoms with van der Waals surface area (Å²) in [6, 6.07) is 6.18. The third-order valence-corrected chi connectivity index (χ3v) is 3.19. The van der Waals surface area contributed by atoms with Gasteiger partial charge in [0.05, 0.1) is 6.61 Å². The summed E-state index contributed by atoms with van der Waals surface area (Å²) in [6.07, 6.45) is 3.94. The van der Waals surface area contributed by atoms with Crippen LogP contribution < -0.4 is 10.1 Å². The van der Waals surface area contributed by atoms with Gasteiger partial charge in [0, 0.05) is 16.6 Å². The van der Waals surface area contributed by atoms with Gasteiger partial charge in [-0.05, 0) is 43.5 Å². The lowest BCUT2D eigenvalue weighted by molar-refractivity contribution is 0.308. The minimum absolute atomic E-state index is 0.657. The third-order valence-electron chi connectivity index (χ3n) is 2.70. The minimum atomic E-state index is 0.657. The van der Waals surface area contributed by atoms with E-state index in [0.29, 0.717) is 5.92 Å². The van der Waals surface area contributed by atoms with Crippen LogP contribution in [0.5, 0.6) is 5.75 Å². The molecule has 1 N–H and O–H groups in total. The maximum atomic E-state index is 5.84. The maximum Gasteiger partial charge on any atom is 0.123 e. The standard InChI is InChI=1S/C16H24BrNO/c1-4-5-6-9-19-16-8-7-15(17)10-14(16)12-18-11-13(2)3/h4,7-8,10,13,18H,1,5-6,9,11-12H2,2-3H3. The topological polar surface area (TPSA) is 21.3 Å². The molecule has 0 aliphatic heterocycles. The highest BCUT2D eigenvalue weighted by atomic mass is 79.9. The Hall–Kier alpha value is -0.800. The Labute approximate surface area is 125 Å². The Morgan fingerprint density at radius 3 is 2.89 bits per heavy atom. The van der Waals surface area contributed by atoms with Crippen LogP contribution in [0.4, 0.5) is 0 Å². The molecule has 0 fully saturated rings. The quantitative estimate of drug-likeness (QED) is 0.531. The first-order chi connectivity index (χ1) is 9.13. The van der Waals surface area contributed by atoms with Gasteiger partial charge in [-0.25, -0.2) is 0 Å². The lowest BCUT2D eigenvalue weighted by Gasteiger charge is -2.13. The summed E-state index contributed by atoms with van der Waals surface area (Å²) in [7, 11) is 0. The number of benzene rings is 1. The highest BCUT2D eigenvalue weighted by Crippen LogP contribution is 2.23. The van der Waals surface area contributed by atoms with E-state index >= 15 is 0 Å². The van der Waals surface area contributed by atoms with E-state index < -0.39 is 0 Å². The second kappa shape index (κ2) is 9.16. The fourth-order valence-corrected chi connectivity index (χ4v) is 2.14. The molecule has 19 heavy (non-hydrogen) atoms. The molecule has 0 aliphatic carbocycles. The van der Waals surface area contributed by atoms with Gasteiger partial charge in [-0.15, -0.1) is 6.58 Å². The lowest BCUT2D eigenvalue weighted by Crippen LogP contribution is -2.19. The van der Waals surface area contributed by atoms with Crippen molar-refractivity contribution in [2.24, 2.45) is 5.92 Å². The highest BCUT2D eigenvalue weighted by molar-refractivity contribution is 9.10. The molecule has 0 aromatic heterocycles. The molecule has 0 bridgehead atoms. The largest absolute Gasteiger partial charge is 0.493 e. The van der Waals surface area contributed by atoms with E-state index in [1.807, 2.05) is 18.2 Å². The van der Waals surface area contributed by atoms with Gasteiger partial charge in [-0.1, -0.05) is 35.9 Å². The van der Waals surface area contributed by atoms with Gasteiger partial charge < -0.3 is 10.1 Å². The van der Waals surface area contributed by atoms with Crippen LogP contribution in [-0.4, -0.2) is 13.2 Å². The average molecular weight is 326 g/mol. The van der Waals surface area contributed by atoms with Crippen molar-refractivity contribution in [3.05, 3.63) is 40.9 Å². The molecule has 106 valence electrons. The van der Waals surface area contributed by atoms with Crippen LogP contribution in [0.15, 0.2) is 35.3 Å². The minimum Gasteiger partial charge on any atom is -0.493 e. The van der Waals surface area contributed by atoms with Crippen molar-refractivity contribution in [1.82, 2.24) is 5.32 Å². The van der Waals surface area contributed by atoms with Gasteiger partial charge in [0.15, 0.2) is 0 Å². The molecule has 0 radical (unpaired) electrons. The van der Waals surface area contributed by atoms with E-state index in [-0.39, 0.29) is 0 Å². The second-order valence-corrected chi connectivity index (χ2v) is 5.97. The van der Waals surface area contributed by atoms with Crippen LogP contribution in [0.25, 0.3) is 0 Å². The Bertz CT molecular complexity index is 390. The summed E-state index contributed by atoms with van der Waals surface area (Å²) in [5, 5.41) is 3.45. The Morgan fingerprint density at radius 2 is 2.21 bits per heavy atom. The zero-order valence-corrected chi connectivity index (χ0v) is 13.5. The van der Waals surface area contributed by atoms with Crippen LogP contribution in [0.2, 0.25) is 0 Å². The van der Waals surface area contributed by atoms with Crippen molar-refractivity contribution in [1.29, 1.82) is 0 Å². The normalized spacial score (nSPS) is 10.7. The van der Waals surface area contributed by atoms with E-state index in [2.05, 4.69) is 47.7 Å². The molecule has 1 rings (SSSR count). The third kappa shape index (κ3) is 6.79. The molecule has 0 unspecified atom stereocenters. The van der Waals surface area contributed by atoms with Gasteiger partial charge in [0.2, 0.25) is 0 Å². The molecule has 0 saturated carbocycles. The van der Waals surface area contributed by atoms with Crippen LogP contribution in [0, 0.1) is 5.92 Å². The molecule has 1 aromatic carbocycles. The zero-order valence-electron chi connectivity index (χ0n) is 11.9. The molecular weight excluding hydrogens is 302 g/mol. The number of halogens is 1. The lowest BCUT2D eigenvalue weighted by atomic mass is 10.2. The number of nitrogens with one attached hydrogen (secondary N) is 1. The van der Waals surface area contributed by atoms with Crippen LogP contribution in [0.3, 0.4) is 0 Å². The summed E-state index contributed by atoms with van der Waals surface area (Å²) < 4.78 is 6.93. The molecule has 0 saturated heterocycles. The van der Waals surface area contributed by atoms with E-state index in [1.54, 1.807) is 0 Å². The van der Waals surface area contributed by atoms with Gasteiger partial charge >= 0.3 is 0 Å². The van der Waals surface area contributed by atoms with Crippen molar-refractivity contribution in [3.8, 4) is 5.75 Å². The predicted molar refractivity (Wildman–Crippen MR) is 85.6 cm³/mol. The first-order valence-corrected chi connectivity index (χ1v) is 7.65. The van der Waals surface area contributed by atoms with Crippen molar-refractivity contribution < 1.29 is 4.74 Å². The van der Waals surface area contributed by atoms with Crippen molar-refractivity contribution in [2.75, 3.05) is 13.2 Å². The molecule has 0 amide bonds. The van der Waals surface area contributed by atoms with E-state index in [9.17, 15) is 0 Å². The number of hydrogen-bond donors (Lipinski definition) is 1. The molecule has 1 aromatic rings. The molecular formula is C16H24BrNO. The summed E-state index contributed by atoms with van der Waals surface area (Å²) in [4.78, 5) is 0. The zero-order chi connectivity index (χ0) is 14.1. The average Bonchev–Trinajstić information content (AvgIpc) is 2.36. The SMILES string of the molecule is C=CCCCOc1ccc(Br)cc1CNCC(C)C. The number of ether oxygens (including phenoxy) is 1. The van der Waals surface area contributed by atoms with Crippen LogP contribution in [0.1, 0.15) is 32.3 Å². The molecule has 3 heteroatoms. The van der Waals surface area contributed by atoms with Crippen molar-refractivity contribution in [3.63, 3.8) is 0 Å². The fraction of sp³-hybridized carbons (Fsp3) is 0.500. The maximum absolute atomic E-state index is 5.84. The van der Waals surface area contributed by atoms with Gasteiger partial charge in [0.1, 0.15) is 5.75 Å². The van der Waals surface area contributed by atoms with Gasteiger partial charge in [0.25, 0.3) is 0 Å². The van der Waals surface area contributed by atoms with Crippen LogP contribution in [-0.2, 0) is 6.54 Å². The van der Waals surface area contributed by atoms with Gasteiger partial charge in [-0.3, -0.25) is 0 Å². The second-order valence-electron chi connectivity index (χ2n) is 5.06. The predicted octanol–water partition coefficient (Wildman–Crippen LogP) is 4.54. The first-order valence-electron chi connectivity index (χ1n) is 6.86. The van der Waals surface area contributed by atoms with E-state index in [4.69, 9.17) is 4.74 Å². The Morgan fingerprint density at radius 1 is 1.42 bits per heavy atom. The summed E-state index contributed by atoms with van der Waals surface area (Å²) in [5.74, 6) is 1.63. The van der Waals surface area contributed by atoms with Crippen molar-refractivity contribution >= 4 is 15.9 Å². The first kappa shape index (κ1) is 16.3. The fourth-order valence-electron chi connectivity index (χ4n) is 1.73. The summed E-state index contributed by atoms with van der Waals surface area (Å²) >= 11 is 3.51. The van der Waals surface area contributed by atoms with E-state index in [0.717, 1.165) is 42.8 Å². The molecule has 0 aliphatic rings. The summed E-state index contributed by atoms with van der Waals surface area (Å²) in [5.41, 5.74) is 1.20. The van der Waals surface area contributed by atoms with Gasteiger partial charge in [-0.2, -0.15) is 0 Å². The molecule has 0 spiro atoms. The van der Waals surface area contributed by atoms with Crippen molar-refractivity contribution in [2.45, 2.75) is 33.2 Å². The highest BCUT2D eigenvalue weighted by Gasteiger charge is 2.05. The molecule has 2 nitrogen and oxygen atoms in total. The van der Waals surface area contributed by atoms with E-state index in [1.165, 1.54) is 5.56 Å².